The van der Waals surface area contributed by atoms with E-state index in [1.54, 1.807) is 18.8 Å². The van der Waals surface area contributed by atoms with Crippen molar-refractivity contribution in [2.75, 3.05) is 7.11 Å². The number of hydrogen-bond donors (Lipinski definition) is 0. The molecule has 0 fully saturated rings. The number of aromatic nitrogens is 2. The van der Waals surface area contributed by atoms with Crippen LogP contribution in [0, 0.1) is 0 Å². The molecule has 0 saturated carbocycles. The quantitative estimate of drug-likeness (QED) is 0.792. The Kier molecular flexibility index (Phi) is 3.69. The SMILES string of the molecule is CCc1ccc(-c2nn(C)c(C(C)=O)c2OC)cc1. The zero-order valence-electron chi connectivity index (χ0n) is 11.7. The maximum absolute atomic E-state index is 11.7. The molecule has 2 rings (SSSR count). The van der Waals surface area contributed by atoms with Gasteiger partial charge in [-0.2, -0.15) is 5.10 Å². The summed E-state index contributed by atoms with van der Waals surface area (Å²) < 4.78 is 6.94. The van der Waals surface area contributed by atoms with E-state index in [0.29, 0.717) is 17.1 Å². The van der Waals surface area contributed by atoms with E-state index in [-0.39, 0.29) is 5.78 Å². The topological polar surface area (TPSA) is 44.1 Å². The van der Waals surface area contributed by atoms with Gasteiger partial charge in [0.2, 0.25) is 0 Å². The molecule has 1 aromatic heterocycles. The Labute approximate surface area is 113 Å². The Morgan fingerprint density at radius 2 is 1.95 bits per heavy atom. The van der Waals surface area contributed by atoms with Crippen molar-refractivity contribution in [1.29, 1.82) is 0 Å². The van der Waals surface area contributed by atoms with Crippen molar-refractivity contribution in [1.82, 2.24) is 9.78 Å². The number of Topliss-reactive ketones (excluding diaryl/α,β-unsaturated/α-hetero) is 1. The molecule has 1 aromatic carbocycles. The number of benzene rings is 1. The van der Waals surface area contributed by atoms with E-state index >= 15 is 0 Å². The molecule has 100 valence electrons. The molecule has 0 unspecified atom stereocenters. The first kappa shape index (κ1) is 13.3. The Hall–Kier alpha value is -2.10. The van der Waals surface area contributed by atoms with Gasteiger partial charge >= 0.3 is 0 Å². The van der Waals surface area contributed by atoms with Crippen LogP contribution in [0.15, 0.2) is 24.3 Å². The number of carbonyl (C=O) groups excluding carboxylic acids is 1. The second-order valence-electron chi connectivity index (χ2n) is 4.46. The molecule has 2 aromatic rings. The van der Waals surface area contributed by atoms with E-state index in [4.69, 9.17) is 4.74 Å². The molecular weight excluding hydrogens is 240 g/mol. The summed E-state index contributed by atoms with van der Waals surface area (Å²) in [7, 11) is 3.32. The lowest BCUT2D eigenvalue weighted by Crippen LogP contribution is -2.04. The highest BCUT2D eigenvalue weighted by Gasteiger charge is 2.21. The van der Waals surface area contributed by atoms with Crippen LogP contribution in [0.2, 0.25) is 0 Å². The highest BCUT2D eigenvalue weighted by Crippen LogP contribution is 2.32. The molecule has 0 atom stereocenters. The van der Waals surface area contributed by atoms with Gasteiger partial charge in [0.05, 0.1) is 7.11 Å². The molecule has 0 aliphatic carbocycles. The predicted octanol–water partition coefficient (Wildman–Crippen LogP) is 2.86. The number of hydrogen-bond acceptors (Lipinski definition) is 3. The van der Waals surface area contributed by atoms with Gasteiger partial charge in [0, 0.05) is 19.5 Å². The molecule has 0 N–H and O–H groups in total. The van der Waals surface area contributed by atoms with Gasteiger partial charge in [-0.1, -0.05) is 31.2 Å². The van der Waals surface area contributed by atoms with E-state index in [1.165, 1.54) is 12.5 Å². The summed E-state index contributed by atoms with van der Waals surface area (Å²) >= 11 is 0. The number of ketones is 1. The number of ether oxygens (including phenoxy) is 1. The van der Waals surface area contributed by atoms with E-state index in [0.717, 1.165) is 12.0 Å². The summed E-state index contributed by atoms with van der Waals surface area (Å²) in [6.07, 6.45) is 0.998. The monoisotopic (exact) mass is 258 g/mol. The van der Waals surface area contributed by atoms with Crippen LogP contribution in [-0.4, -0.2) is 22.7 Å². The van der Waals surface area contributed by atoms with Gasteiger partial charge in [0.15, 0.2) is 11.5 Å². The van der Waals surface area contributed by atoms with Gasteiger partial charge in [-0.05, 0) is 12.0 Å². The van der Waals surface area contributed by atoms with E-state index in [9.17, 15) is 4.79 Å². The Bertz CT molecular complexity index is 597. The first-order valence-corrected chi connectivity index (χ1v) is 6.29. The second kappa shape index (κ2) is 5.26. The van der Waals surface area contributed by atoms with Crippen LogP contribution >= 0.6 is 0 Å². The Morgan fingerprint density at radius 3 is 2.42 bits per heavy atom. The minimum atomic E-state index is -0.0525. The maximum atomic E-state index is 11.7. The van der Waals surface area contributed by atoms with Crippen LogP contribution in [-0.2, 0) is 13.5 Å². The summed E-state index contributed by atoms with van der Waals surface area (Å²) in [6, 6.07) is 8.15. The average Bonchev–Trinajstić information content (AvgIpc) is 2.75. The van der Waals surface area contributed by atoms with Gasteiger partial charge in [0.25, 0.3) is 0 Å². The maximum Gasteiger partial charge on any atom is 0.181 e. The van der Waals surface area contributed by atoms with Crippen molar-refractivity contribution in [2.24, 2.45) is 7.05 Å². The molecule has 0 amide bonds. The van der Waals surface area contributed by atoms with Crippen LogP contribution in [0.5, 0.6) is 5.75 Å². The van der Waals surface area contributed by atoms with Crippen molar-refractivity contribution >= 4 is 5.78 Å². The third-order valence-electron chi connectivity index (χ3n) is 3.18. The van der Waals surface area contributed by atoms with Crippen LogP contribution in [0.1, 0.15) is 29.9 Å². The van der Waals surface area contributed by atoms with Gasteiger partial charge < -0.3 is 4.74 Å². The minimum Gasteiger partial charge on any atom is -0.492 e. The van der Waals surface area contributed by atoms with Crippen LogP contribution in [0.25, 0.3) is 11.3 Å². The fourth-order valence-electron chi connectivity index (χ4n) is 2.17. The number of aryl methyl sites for hydroxylation is 2. The fourth-order valence-corrected chi connectivity index (χ4v) is 2.17. The highest BCUT2D eigenvalue weighted by molar-refractivity contribution is 5.97. The van der Waals surface area contributed by atoms with Gasteiger partial charge in [-0.15, -0.1) is 0 Å². The molecule has 4 nitrogen and oxygen atoms in total. The molecule has 4 heteroatoms. The number of nitrogens with zero attached hydrogens (tertiary/aromatic N) is 2. The van der Waals surface area contributed by atoms with E-state index < -0.39 is 0 Å². The third-order valence-corrected chi connectivity index (χ3v) is 3.18. The summed E-state index contributed by atoms with van der Waals surface area (Å²) in [5.41, 5.74) is 3.43. The predicted molar refractivity (Wildman–Crippen MR) is 74.6 cm³/mol. The van der Waals surface area contributed by atoms with Crippen molar-refractivity contribution < 1.29 is 9.53 Å². The van der Waals surface area contributed by atoms with Crippen molar-refractivity contribution in [3.63, 3.8) is 0 Å². The van der Waals surface area contributed by atoms with E-state index in [2.05, 4.69) is 24.2 Å². The Balaban J connectivity index is 2.55. The molecule has 0 spiro atoms. The zero-order chi connectivity index (χ0) is 14.0. The molecule has 0 aliphatic heterocycles. The number of rotatable bonds is 4. The van der Waals surface area contributed by atoms with Gasteiger partial charge in [-0.25, -0.2) is 0 Å². The summed E-state index contributed by atoms with van der Waals surface area (Å²) in [5, 5.41) is 4.40. The van der Waals surface area contributed by atoms with Gasteiger partial charge in [-0.3, -0.25) is 9.48 Å². The molecule has 0 bridgehead atoms. The second-order valence-corrected chi connectivity index (χ2v) is 4.46. The lowest BCUT2D eigenvalue weighted by Gasteiger charge is -2.04. The van der Waals surface area contributed by atoms with Crippen LogP contribution < -0.4 is 4.74 Å². The minimum absolute atomic E-state index is 0.0525. The molecule has 1 heterocycles. The van der Waals surface area contributed by atoms with Crippen molar-refractivity contribution in [2.45, 2.75) is 20.3 Å². The number of methoxy groups -OCH3 is 1. The highest BCUT2D eigenvalue weighted by atomic mass is 16.5. The normalized spacial score (nSPS) is 10.5. The first-order chi connectivity index (χ1) is 9.08. The molecule has 0 aliphatic rings. The zero-order valence-corrected chi connectivity index (χ0v) is 11.7. The van der Waals surface area contributed by atoms with Crippen molar-refractivity contribution in [3.8, 4) is 17.0 Å². The Morgan fingerprint density at radius 1 is 1.32 bits per heavy atom. The summed E-state index contributed by atoms with van der Waals surface area (Å²) in [6.45, 7) is 3.63. The smallest absolute Gasteiger partial charge is 0.181 e. The third kappa shape index (κ3) is 2.38. The average molecular weight is 258 g/mol. The lowest BCUT2D eigenvalue weighted by atomic mass is 10.1. The summed E-state index contributed by atoms with van der Waals surface area (Å²) in [5.74, 6) is 0.488. The molecular formula is C15H18N2O2. The lowest BCUT2D eigenvalue weighted by molar-refractivity contribution is 0.100. The molecule has 0 radical (unpaired) electrons. The number of carbonyl (C=O) groups is 1. The van der Waals surface area contributed by atoms with Crippen molar-refractivity contribution in [3.05, 3.63) is 35.5 Å². The summed E-state index contributed by atoms with van der Waals surface area (Å²) in [4.78, 5) is 11.7. The molecule has 0 saturated heterocycles. The molecule has 19 heavy (non-hydrogen) atoms. The fraction of sp³-hybridized carbons (Fsp3) is 0.333. The largest absolute Gasteiger partial charge is 0.492 e. The van der Waals surface area contributed by atoms with Gasteiger partial charge in [0.1, 0.15) is 11.4 Å². The standard InChI is InChI=1S/C15H18N2O2/c1-5-11-6-8-12(9-7-11)13-15(19-4)14(10(2)18)17(3)16-13/h6-9H,5H2,1-4H3. The van der Waals surface area contributed by atoms with E-state index in [1.807, 2.05) is 12.1 Å². The van der Waals surface area contributed by atoms with Crippen LogP contribution in [0.4, 0.5) is 0 Å². The van der Waals surface area contributed by atoms with Crippen LogP contribution in [0.3, 0.4) is 0 Å². The first-order valence-electron chi connectivity index (χ1n) is 6.29.